The van der Waals surface area contributed by atoms with Gasteiger partial charge in [0.2, 0.25) is 0 Å². The zero-order chi connectivity index (χ0) is 18.5. The Balaban J connectivity index is 2.20. The minimum absolute atomic E-state index is 0.151. The van der Waals surface area contributed by atoms with Gasteiger partial charge >= 0.3 is 0 Å². The Bertz CT molecular complexity index is 893. The van der Waals surface area contributed by atoms with Gasteiger partial charge in [0.25, 0.3) is 5.91 Å². The molecule has 0 spiro atoms. The molecule has 5 nitrogen and oxygen atoms in total. The molecular weight excluding hydrogens is 324 g/mol. The Morgan fingerprint density at radius 1 is 0.885 bits per heavy atom. The number of hydrogen-bond donors (Lipinski definition) is 0. The molecule has 26 heavy (non-hydrogen) atoms. The average Bonchev–Trinajstić information content (AvgIpc) is 2.67. The number of nitrogens with zero attached hydrogens (tertiary/aromatic N) is 4. The number of carbonyl (C=O) groups is 1. The Morgan fingerprint density at radius 3 is 1.92 bits per heavy atom. The van der Waals surface area contributed by atoms with Crippen molar-refractivity contribution in [1.29, 1.82) is 0 Å². The zero-order valence-corrected chi connectivity index (χ0v) is 15.0. The van der Waals surface area contributed by atoms with Gasteiger partial charge in [0.1, 0.15) is 0 Å². The lowest BCUT2D eigenvalue weighted by molar-refractivity contribution is 0.0828. The number of benzene rings is 2. The summed E-state index contributed by atoms with van der Waals surface area (Å²) in [7, 11) is 3.42. The number of carbonyl (C=O) groups excluding carboxylic acids is 1. The Hall–Kier alpha value is -3.34. The summed E-state index contributed by atoms with van der Waals surface area (Å²) < 4.78 is 0. The van der Waals surface area contributed by atoms with Crippen molar-refractivity contribution in [2.45, 2.75) is 6.92 Å². The number of aliphatic imine (C=N–C) groups is 1. The SMILES string of the molecule is Cc1cc(C(=O)N(C)C)c(N=C(c2ccccc2)c2ccccc2)nn1. The molecule has 0 saturated carbocycles. The molecular formula is C21H20N4O. The first-order chi connectivity index (χ1) is 12.6. The molecule has 0 bridgehead atoms. The molecule has 0 N–H and O–H groups in total. The van der Waals surface area contributed by atoms with Crippen LogP contribution in [0.3, 0.4) is 0 Å². The van der Waals surface area contributed by atoms with Crippen LogP contribution in [0.4, 0.5) is 5.82 Å². The molecule has 0 radical (unpaired) electrons. The van der Waals surface area contributed by atoms with Crippen molar-refractivity contribution < 1.29 is 4.79 Å². The first-order valence-electron chi connectivity index (χ1n) is 8.32. The van der Waals surface area contributed by atoms with Crippen molar-refractivity contribution in [3.63, 3.8) is 0 Å². The van der Waals surface area contributed by atoms with Crippen LogP contribution in [0.15, 0.2) is 71.7 Å². The number of rotatable bonds is 4. The van der Waals surface area contributed by atoms with Crippen LogP contribution in [0, 0.1) is 6.92 Å². The lowest BCUT2D eigenvalue weighted by atomic mass is 10.0. The number of amides is 1. The lowest BCUT2D eigenvalue weighted by Gasteiger charge is -2.13. The topological polar surface area (TPSA) is 58.5 Å². The third-order valence-corrected chi connectivity index (χ3v) is 3.85. The third kappa shape index (κ3) is 3.83. The fourth-order valence-corrected chi connectivity index (χ4v) is 2.56. The average molecular weight is 344 g/mol. The van der Waals surface area contributed by atoms with Crippen LogP contribution < -0.4 is 0 Å². The Labute approximate surface area is 153 Å². The van der Waals surface area contributed by atoms with E-state index >= 15 is 0 Å². The lowest BCUT2D eigenvalue weighted by Crippen LogP contribution is -2.22. The van der Waals surface area contributed by atoms with Crippen molar-refractivity contribution in [3.8, 4) is 0 Å². The van der Waals surface area contributed by atoms with Gasteiger partial charge in [-0.2, -0.15) is 5.10 Å². The molecule has 0 aliphatic rings. The molecule has 3 rings (SSSR count). The van der Waals surface area contributed by atoms with Crippen LogP contribution in [0.2, 0.25) is 0 Å². The van der Waals surface area contributed by atoms with E-state index in [2.05, 4.69) is 10.2 Å². The molecule has 5 heteroatoms. The molecule has 0 saturated heterocycles. The highest BCUT2D eigenvalue weighted by Gasteiger charge is 2.17. The molecule has 2 aromatic carbocycles. The predicted octanol–water partition coefficient (Wildman–Crippen LogP) is 3.66. The number of hydrogen-bond acceptors (Lipinski definition) is 4. The van der Waals surface area contributed by atoms with Crippen molar-refractivity contribution in [2.24, 2.45) is 4.99 Å². The monoisotopic (exact) mass is 344 g/mol. The molecule has 0 aliphatic carbocycles. The number of aromatic nitrogens is 2. The van der Waals surface area contributed by atoms with Crippen LogP contribution >= 0.6 is 0 Å². The maximum Gasteiger partial charge on any atom is 0.257 e. The van der Waals surface area contributed by atoms with E-state index in [1.165, 1.54) is 4.90 Å². The first kappa shape index (κ1) is 17.5. The highest BCUT2D eigenvalue weighted by molar-refractivity contribution is 6.14. The second kappa shape index (κ2) is 7.70. The minimum atomic E-state index is -0.151. The van der Waals surface area contributed by atoms with E-state index in [0.29, 0.717) is 17.1 Å². The van der Waals surface area contributed by atoms with Gasteiger partial charge in [-0.1, -0.05) is 60.7 Å². The molecule has 0 atom stereocenters. The molecule has 0 unspecified atom stereocenters. The fraction of sp³-hybridized carbons (Fsp3) is 0.143. The summed E-state index contributed by atoms with van der Waals surface area (Å²) in [6.07, 6.45) is 0. The summed E-state index contributed by atoms with van der Waals surface area (Å²) in [5.74, 6) is 0.166. The predicted molar refractivity (Wildman–Crippen MR) is 103 cm³/mol. The van der Waals surface area contributed by atoms with E-state index in [1.54, 1.807) is 20.2 Å². The van der Waals surface area contributed by atoms with E-state index in [0.717, 1.165) is 16.8 Å². The van der Waals surface area contributed by atoms with Crippen molar-refractivity contribution >= 4 is 17.4 Å². The summed E-state index contributed by atoms with van der Waals surface area (Å²) >= 11 is 0. The summed E-state index contributed by atoms with van der Waals surface area (Å²) in [6, 6.07) is 21.4. The van der Waals surface area contributed by atoms with E-state index < -0.39 is 0 Å². The Kier molecular flexibility index (Phi) is 5.17. The zero-order valence-electron chi connectivity index (χ0n) is 15.0. The van der Waals surface area contributed by atoms with E-state index in [1.807, 2.05) is 67.6 Å². The standard InChI is InChI=1S/C21H20N4O/c1-15-14-18(21(26)25(2)3)20(24-23-15)22-19(16-10-6-4-7-11-16)17-12-8-5-9-13-17/h4-14H,1-3H3. The molecule has 3 aromatic rings. The van der Waals surface area contributed by atoms with E-state index in [9.17, 15) is 4.79 Å². The molecule has 1 aromatic heterocycles. The van der Waals surface area contributed by atoms with Gasteiger partial charge in [0.15, 0.2) is 5.82 Å². The van der Waals surface area contributed by atoms with Gasteiger partial charge in [0.05, 0.1) is 17.0 Å². The van der Waals surface area contributed by atoms with Crippen molar-refractivity contribution in [1.82, 2.24) is 15.1 Å². The van der Waals surface area contributed by atoms with E-state index in [4.69, 9.17) is 4.99 Å². The maximum atomic E-state index is 12.6. The summed E-state index contributed by atoms with van der Waals surface area (Å²) in [5.41, 5.74) is 3.76. The van der Waals surface area contributed by atoms with Gasteiger partial charge in [0, 0.05) is 25.2 Å². The minimum Gasteiger partial charge on any atom is -0.345 e. The second-order valence-corrected chi connectivity index (χ2v) is 6.12. The molecule has 0 fully saturated rings. The fourth-order valence-electron chi connectivity index (χ4n) is 2.56. The Morgan fingerprint density at radius 2 is 1.42 bits per heavy atom. The van der Waals surface area contributed by atoms with Crippen molar-refractivity contribution in [2.75, 3.05) is 14.1 Å². The van der Waals surface area contributed by atoms with Gasteiger partial charge in [-0.05, 0) is 13.0 Å². The largest absolute Gasteiger partial charge is 0.345 e. The smallest absolute Gasteiger partial charge is 0.257 e. The molecule has 0 aliphatic heterocycles. The van der Waals surface area contributed by atoms with Crippen LogP contribution in [-0.4, -0.2) is 40.8 Å². The molecule has 1 amide bonds. The van der Waals surface area contributed by atoms with Crippen LogP contribution in [0.5, 0.6) is 0 Å². The number of aryl methyl sites for hydroxylation is 1. The maximum absolute atomic E-state index is 12.6. The molecule has 1 heterocycles. The quantitative estimate of drug-likeness (QED) is 0.679. The summed E-state index contributed by atoms with van der Waals surface area (Å²) in [4.78, 5) is 18.8. The van der Waals surface area contributed by atoms with Gasteiger partial charge in [-0.25, -0.2) is 4.99 Å². The van der Waals surface area contributed by atoms with Gasteiger partial charge in [-0.15, -0.1) is 5.10 Å². The van der Waals surface area contributed by atoms with E-state index in [-0.39, 0.29) is 5.91 Å². The normalized spacial score (nSPS) is 10.3. The van der Waals surface area contributed by atoms with Crippen molar-refractivity contribution in [3.05, 3.63) is 89.1 Å². The highest BCUT2D eigenvalue weighted by Crippen LogP contribution is 2.21. The van der Waals surface area contributed by atoms with Crippen LogP contribution in [0.25, 0.3) is 0 Å². The van der Waals surface area contributed by atoms with Crippen LogP contribution in [-0.2, 0) is 0 Å². The van der Waals surface area contributed by atoms with Gasteiger partial charge < -0.3 is 4.90 Å². The third-order valence-electron chi connectivity index (χ3n) is 3.85. The highest BCUT2D eigenvalue weighted by atomic mass is 16.2. The summed E-state index contributed by atoms with van der Waals surface area (Å²) in [5, 5.41) is 8.28. The second-order valence-electron chi connectivity index (χ2n) is 6.12. The summed E-state index contributed by atoms with van der Waals surface area (Å²) in [6.45, 7) is 1.81. The first-order valence-corrected chi connectivity index (χ1v) is 8.32. The van der Waals surface area contributed by atoms with Crippen LogP contribution in [0.1, 0.15) is 27.2 Å². The molecule has 130 valence electrons. The van der Waals surface area contributed by atoms with Gasteiger partial charge in [-0.3, -0.25) is 4.79 Å².